The molecular weight excluding hydrogens is 320 g/mol. The van der Waals surface area contributed by atoms with Gasteiger partial charge in [0.2, 0.25) is 0 Å². The highest BCUT2D eigenvalue weighted by molar-refractivity contribution is 6.24. The normalized spacial score (nSPS) is 25.0. The summed E-state index contributed by atoms with van der Waals surface area (Å²) in [5.41, 5.74) is -1.51. The van der Waals surface area contributed by atoms with Crippen LogP contribution in [0.5, 0.6) is 0 Å². The maximum atomic E-state index is 12.8. The zero-order valence-corrected chi connectivity index (χ0v) is 16.2. The van der Waals surface area contributed by atoms with E-state index in [4.69, 9.17) is 0 Å². The van der Waals surface area contributed by atoms with E-state index in [1.54, 1.807) is 19.9 Å². The molecule has 2 unspecified atom stereocenters. The van der Waals surface area contributed by atoms with Crippen LogP contribution in [0.3, 0.4) is 0 Å². The van der Waals surface area contributed by atoms with Crippen molar-refractivity contribution in [2.75, 3.05) is 0 Å². The molecule has 1 rings (SSSR count). The van der Waals surface area contributed by atoms with Crippen molar-refractivity contribution in [1.82, 2.24) is 0 Å². The molecule has 25 heavy (non-hydrogen) atoms. The topological polar surface area (TPSA) is 94.8 Å². The van der Waals surface area contributed by atoms with Gasteiger partial charge in [-0.1, -0.05) is 45.8 Å². The first kappa shape index (κ1) is 21.6. The first-order valence-electron chi connectivity index (χ1n) is 9.00. The number of carbonyl (C=O) groups excluding carboxylic acids is 2. The van der Waals surface area contributed by atoms with Gasteiger partial charge >= 0.3 is 0 Å². The van der Waals surface area contributed by atoms with Crippen molar-refractivity contribution in [2.45, 2.75) is 72.5 Å². The van der Waals surface area contributed by atoms with Crippen LogP contribution in [-0.4, -0.2) is 38.6 Å². The molecule has 0 fully saturated rings. The van der Waals surface area contributed by atoms with Gasteiger partial charge in [-0.3, -0.25) is 9.59 Å². The highest BCUT2D eigenvalue weighted by Gasteiger charge is 2.58. The lowest BCUT2D eigenvalue weighted by Crippen LogP contribution is -2.49. The Balaban J connectivity index is 3.34. The second-order valence-corrected chi connectivity index (χ2v) is 7.99. The van der Waals surface area contributed by atoms with E-state index < -0.39 is 40.9 Å². The number of carbonyl (C=O) groups is 2. The van der Waals surface area contributed by atoms with Crippen LogP contribution in [0.15, 0.2) is 23.0 Å². The highest BCUT2D eigenvalue weighted by Crippen LogP contribution is 2.44. The van der Waals surface area contributed by atoms with E-state index in [1.165, 1.54) is 0 Å². The fourth-order valence-corrected chi connectivity index (χ4v) is 3.15. The molecule has 0 bridgehead atoms. The first-order chi connectivity index (χ1) is 11.4. The van der Waals surface area contributed by atoms with E-state index >= 15 is 0 Å². The van der Waals surface area contributed by atoms with Crippen molar-refractivity contribution in [2.24, 2.45) is 17.8 Å². The van der Waals surface area contributed by atoms with Gasteiger partial charge in [-0.25, -0.2) is 0 Å². The quantitative estimate of drug-likeness (QED) is 0.461. The van der Waals surface area contributed by atoms with Crippen LogP contribution in [0.4, 0.5) is 0 Å². The van der Waals surface area contributed by atoms with Crippen LogP contribution in [0.2, 0.25) is 0 Å². The molecule has 142 valence electrons. The Labute approximate surface area is 150 Å². The van der Waals surface area contributed by atoms with Crippen LogP contribution in [0, 0.1) is 17.8 Å². The third-order valence-corrected chi connectivity index (χ3v) is 4.77. The summed E-state index contributed by atoms with van der Waals surface area (Å²) in [4.78, 5) is 25.2. The van der Waals surface area contributed by atoms with Crippen molar-refractivity contribution in [3.05, 3.63) is 23.0 Å². The number of rotatable bonds is 8. The molecule has 0 amide bonds. The Morgan fingerprint density at radius 2 is 1.80 bits per heavy atom. The lowest BCUT2D eigenvalue weighted by molar-refractivity contribution is -0.136. The molecule has 3 atom stereocenters. The fourth-order valence-electron chi connectivity index (χ4n) is 3.15. The van der Waals surface area contributed by atoms with Crippen LogP contribution < -0.4 is 0 Å². The minimum atomic E-state index is -2.11. The number of aliphatic hydroxyl groups excluding tert-OH is 2. The summed E-state index contributed by atoms with van der Waals surface area (Å²) in [6, 6.07) is 0. The molecule has 5 heteroatoms. The van der Waals surface area contributed by atoms with E-state index in [2.05, 4.69) is 0 Å². The Kier molecular flexibility index (Phi) is 7.15. The van der Waals surface area contributed by atoms with Crippen molar-refractivity contribution in [3.8, 4) is 0 Å². The molecule has 0 radical (unpaired) electrons. The summed E-state index contributed by atoms with van der Waals surface area (Å²) in [6.07, 6.45) is 1.42. The van der Waals surface area contributed by atoms with Gasteiger partial charge < -0.3 is 15.3 Å². The van der Waals surface area contributed by atoms with Gasteiger partial charge in [-0.15, -0.1) is 0 Å². The van der Waals surface area contributed by atoms with Crippen molar-refractivity contribution >= 4 is 11.6 Å². The van der Waals surface area contributed by atoms with E-state index in [-0.39, 0.29) is 12.0 Å². The average Bonchev–Trinajstić information content (AvgIpc) is 2.69. The van der Waals surface area contributed by atoms with Crippen LogP contribution in [0.25, 0.3) is 0 Å². The van der Waals surface area contributed by atoms with Gasteiger partial charge in [0, 0.05) is 5.92 Å². The lowest BCUT2D eigenvalue weighted by Gasteiger charge is -2.34. The number of Topliss-reactive ketones (excluding diaryl/α,β-unsaturated/α-hetero) is 2. The smallest absolute Gasteiger partial charge is 0.176 e. The zero-order valence-electron chi connectivity index (χ0n) is 16.2. The van der Waals surface area contributed by atoms with Crippen molar-refractivity contribution in [1.29, 1.82) is 0 Å². The number of allylic oxidation sites excluding steroid dienone is 2. The molecule has 1 aliphatic rings. The summed E-state index contributed by atoms with van der Waals surface area (Å²) in [7, 11) is 0. The molecule has 0 aromatic heterocycles. The third kappa shape index (κ3) is 4.39. The molecule has 0 spiro atoms. The van der Waals surface area contributed by atoms with Crippen LogP contribution in [0.1, 0.15) is 60.8 Å². The summed E-state index contributed by atoms with van der Waals surface area (Å²) >= 11 is 0. The summed E-state index contributed by atoms with van der Waals surface area (Å²) in [6.45, 7) is 11.0. The second kappa shape index (κ2) is 8.28. The maximum absolute atomic E-state index is 12.8. The largest absolute Gasteiger partial charge is 0.508 e. The maximum Gasteiger partial charge on any atom is 0.176 e. The molecule has 3 N–H and O–H groups in total. The van der Waals surface area contributed by atoms with Crippen molar-refractivity contribution in [3.63, 3.8) is 0 Å². The molecular formula is C20H32O5. The van der Waals surface area contributed by atoms with Gasteiger partial charge in [-0.2, -0.15) is 0 Å². The van der Waals surface area contributed by atoms with Crippen molar-refractivity contribution < 1.29 is 24.9 Å². The predicted octanol–water partition coefficient (Wildman–Crippen LogP) is 3.11. The molecule has 0 saturated heterocycles. The van der Waals surface area contributed by atoms with Gasteiger partial charge in [-0.05, 0) is 32.6 Å². The molecule has 0 aliphatic heterocycles. The van der Waals surface area contributed by atoms with E-state index in [0.717, 1.165) is 5.57 Å². The lowest BCUT2D eigenvalue weighted by atomic mass is 9.78. The van der Waals surface area contributed by atoms with E-state index in [0.29, 0.717) is 18.8 Å². The Hall–Kier alpha value is -1.46. The Bertz CT molecular complexity index is 581. The number of hydrogen-bond donors (Lipinski definition) is 3. The summed E-state index contributed by atoms with van der Waals surface area (Å²) in [5.74, 6) is -2.92. The molecule has 0 saturated carbocycles. The van der Waals surface area contributed by atoms with Crippen LogP contribution in [-0.2, 0) is 9.59 Å². The zero-order chi connectivity index (χ0) is 19.5. The number of ketones is 2. The fraction of sp³-hybridized carbons (Fsp3) is 0.700. The summed E-state index contributed by atoms with van der Waals surface area (Å²) < 4.78 is 0. The van der Waals surface area contributed by atoms with Gasteiger partial charge in [0.05, 0.1) is 12.0 Å². The standard InChI is InChI=1S/C20H32O5/c1-11(2)7-9-14-18(23)16(17(22)13(5)6)19(24)20(14,25)15(21)10-8-12(3)4/h8,11,13-15,21,24-25H,7,9-10H2,1-6H3/t14-,15?,20?/m1/s1. The first-order valence-corrected chi connectivity index (χ1v) is 9.00. The number of aliphatic hydroxyl groups is 3. The minimum absolute atomic E-state index is 0.0947. The Morgan fingerprint density at radius 3 is 2.24 bits per heavy atom. The molecule has 1 aliphatic carbocycles. The molecule has 0 aromatic rings. The predicted molar refractivity (Wildman–Crippen MR) is 97.1 cm³/mol. The highest BCUT2D eigenvalue weighted by atomic mass is 16.4. The monoisotopic (exact) mass is 352 g/mol. The van der Waals surface area contributed by atoms with Gasteiger partial charge in [0.25, 0.3) is 0 Å². The van der Waals surface area contributed by atoms with E-state index in [1.807, 2.05) is 27.7 Å². The molecule has 5 nitrogen and oxygen atoms in total. The minimum Gasteiger partial charge on any atom is -0.508 e. The summed E-state index contributed by atoms with van der Waals surface area (Å²) in [5, 5.41) is 32.3. The van der Waals surface area contributed by atoms with Gasteiger partial charge in [0.15, 0.2) is 17.2 Å². The Morgan fingerprint density at radius 1 is 1.24 bits per heavy atom. The average molecular weight is 352 g/mol. The number of hydrogen-bond acceptors (Lipinski definition) is 5. The molecule has 0 aromatic carbocycles. The third-order valence-electron chi connectivity index (χ3n) is 4.77. The second-order valence-electron chi connectivity index (χ2n) is 7.99. The van der Waals surface area contributed by atoms with Crippen LogP contribution >= 0.6 is 0 Å². The molecule has 0 heterocycles. The van der Waals surface area contributed by atoms with E-state index in [9.17, 15) is 24.9 Å². The van der Waals surface area contributed by atoms with Gasteiger partial charge in [0.1, 0.15) is 11.3 Å². The SMILES string of the molecule is CC(C)=CCC(O)C1(O)C(O)=C(C(=O)C(C)C)C(=O)[C@H]1CCC(C)C.